The second kappa shape index (κ2) is 4.98. The maximum atomic E-state index is 12.2. The second-order valence-corrected chi connectivity index (χ2v) is 4.99. The topological polar surface area (TPSA) is 43.8 Å². The highest BCUT2D eigenvalue weighted by molar-refractivity contribution is 5.94. The van der Waals surface area contributed by atoms with Crippen molar-refractivity contribution in [2.24, 2.45) is 0 Å². The Morgan fingerprint density at radius 2 is 1.94 bits per heavy atom. The summed E-state index contributed by atoms with van der Waals surface area (Å²) >= 11 is 0. The highest BCUT2D eigenvalue weighted by Gasteiger charge is 2.31. The molecular formula is C14H20N2O2. The summed E-state index contributed by atoms with van der Waals surface area (Å²) in [4.78, 5) is 15.8. The first-order chi connectivity index (χ1) is 8.50. The molecule has 0 radical (unpaired) electrons. The van der Waals surface area contributed by atoms with Crippen LogP contribution in [0, 0.1) is 0 Å². The molecule has 1 N–H and O–H groups in total. The summed E-state index contributed by atoms with van der Waals surface area (Å²) in [5.41, 5.74) is 1.70. The first kappa shape index (κ1) is 12.9. The number of hydrogen-bond acceptors (Lipinski definition) is 2. The van der Waals surface area contributed by atoms with Gasteiger partial charge in [-0.2, -0.15) is 0 Å². The quantitative estimate of drug-likeness (QED) is 0.892. The van der Waals surface area contributed by atoms with Gasteiger partial charge >= 0.3 is 6.03 Å². The van der Waals surface area contributed by atoms with Crippen LogP contribution in [0.3, 0.4) is 0 Å². The number of hydrogen-bond donors (Lipinski definition) is 1. The Bertz CT molecular complexity index is 443. The third-order valence-electron chi connectivity index (χ3n) is 3.33. The van der Waals surface area contributed by atoms with Gasteiger partial charge in [-0.1, -0.05) is 12.1 Å². The molecule has 1 aliphatic rings. The third kappa shape index (κ3) is 2.34. The van der Waals surface area contributed by atoms with Gasteiger partial charge in [0.05, 0.1) is 6.10 Å². The standard InChI is InChI=1S/C14H20N2O2/c1-10(2)15-7-8-16(14(15)18)13-6-4-5-12(9-13)11(3)17/h4-6,9-11,17H,7-8H2,1-3H3. The molecule has 1 unspecified atom stereocenters. The zero-order valence-corrected chi connectivity index (χ0v) is 11.1. The van der Waals surface area contributed by atoms with Crippen molar-refractivity contribution in [1.82, 2.24) is 4.90 Å². The van der Waals surface area contributed by atoms with Crippen LogP contribution in [0.25, 0.3) is 0 Å². The van der Waals surface area contributed by atoms with Gasteiger partial charge in [0.1, 0.15) is 0 Å². The minimum atomic E-state index is -0.510. The van der Waals surface area contributed by atoms with E-state index in [2.05, 4.69) is 0 Å². The van der Waals surface area contributed by atoms with Crippen molar-refractivity contribution < 1.29 is 9.90 Å². The average Bonchev–Trinajstić information content (AvgIpc) is 2.71. The number of carbonyl (C=O) groups is 1. The molecule has 4 nitrogen and oxygen atoms in total. The van der Waals surface area contributed by atoms with E-state index in [9.17, 15) is 9.90 Å². The fourth-order valence-corrected chi connectivity index (χ4v) is 2.23. The molecule has 1 aliphatic heterocycles. The van der Waals surface area contributed by atoms with Gasteiger partial charge in [-0.25, -0.2) is 4.79 Å². The van der Waals surface area contributed by atoms with E-state index in [1.807, 2.05) is 43.0 Å². The Morgan fingerprint density at radius 3 is 2.50 bits per heavy atom. The lowest BCUT2D eigenvalue weighted by Crippen LogP contribution is -2.36. The molecule has 2 amide bonds. The number of aliphatic hydroxyl groups excluding tert-OH is 1. The molecule has 1 heterocycles. The third-order valence-corrected chi connectivity index (χ3v) is 3.33. The molecule has 0 bridgehead atoms. The summed E-state index contributed by atoms with van der Waals surface area (Å²) in [5, 5.41) is 9.58. The summed E-state index contributed by atoms with van der Waals surface area (Å²) in [5.74, 6) is 0. The Balaban J connectivity index is 2.23. The SMILES string of the molecule is CC(O)c1cccc(N2CCN(C(C)C)C2=O)c1. The van der Waals surface area contributed by atoms with Gasteiger partial charge in [-0.05, 0) is 38.5 Å². The van der Waals surface area contributed by atoms with Crippen molar-refractivity contribution in [3.05, 3.63) is 29.8 Å². The lowest BCUT2D eigenvalue weighted by Gasteiger charge is -2.22. The molecule has 1 aromatic rings. The van der Waals surface area contributed by atoms with Crippen LogP contribution >= 0.6 is 0 Å². The van der Waals surface area contributed by atoms with Crippen molar-refractivity contribution >= 4 is 11.7 Å². The number of amides is 2. The molecule has 98 valence electrons. The van der Waals surface area contributed by atoms with E-state index >= 15 is 0 Å². The Hall–Kier alpha value is -1.55. The summed E-state index contributed by atoms with van der Waals surface area (Å²) in [6.45, 7) is 7.24. The summed E-state index contributed by atoms with van der Waals surface area (Å²) in [6, 6.07) is 7.81. The van der Waals surface area contributed by atoms with Crippen LogP contribution in [0.15, 0.2) is 24.3 Å². The van der Waals surface area contributed by atoms with Crippen molar-refractivity contribution in [2.45, 2.75) is 32.9 Å². The maximum Gasteiger partial charge on any atom is 0.324 e. The minimum Gasteiger partial charge on any atom is -0.389 e. The minimum absolute atomic E-state index is 0.0488. The van der Waals surface area contributed by atoms with Crippen LogP contribution in [-0.2, 0) is 0 Å². The molecular weight excluding hydrogens is 228 g/mol. The predicted octanol–water partition coefficient (Wildman–Crippen LogP) is 2.39. The molecule has 1 saturated heterocycles. The lowest BCUT2D eigenvalue weighted by molar-refractivity contribution is 0.199. The highest BCUT2D eigenvalue weighted by atomic mass is 16.3. The van der Waals surface area contributed by atoms with Crippen LogP contribution in [0.1, 0.15) is 32.4 Å². The van der Waals surface area contributed by atoms with Crippen LogP contribution in [-0.4, -0.2) is 35.2 Å². The van der Waals surface area contributed by atoms with Crippen LogP contribution in [0.2, 0.25) is 0 Å². The van der Waals surface area contributed by atoms with Gasteiger partial charge in [-0.15, -0.1) is 0 Å². The molecule has 0 saturated carbocycles. The van der Waals surface area contributed by atoms with Crippen LogP contribution in [0.4, 0.5) is 10.5 Å². The van der Waals surface area contributed by atoms with Crippen molar-refractivity contribution in [3.8, 4) is 0 Å². The number of anilines is 1. The van der Waals surface area contributed by atoms with E-state index in [4.69, 9.17) is 0 Å². The summed E-state index contributed by atoms with van der Waals surface area (Å²) < 4.78 is 0. The van der Waals surface area contributed by atoms with Crippen LogP contribution in [0.5, 0.6) is 0 Å². The fourth-order valence-electron chi connectivity index (χ4n) is 2.23. The molecule has 4 heteroatoms. The average molecular weight is 248 g/mol. The first-order valence-corrected chi connectivity index (χ1v) is 6.37. The highest BCUT2D eigenvalue weighted by Crippen LogP contribution is 2.24. The van der Waals surface area contributed by atoms with Crippen molar-refractivity contribution in [1.29, 1.82) is 0 Å². The van der Waals surface area contributed by atoms with Gasteiger partial charge < -0.3 is 10.0 Å². The predicted molar refractivity (Wildman–Crippen MR) is 71.7 cm³/mol. The van der Waals surface area contributed by atoms with Gasteiger partial charge in [0.2, 0.25) is 0 Å². The first-order valence-electron chi connectivity index (χ1n) is 6.37. The van der Waals surface area contributed by atoms with Crippen LogP contribution < -0.4 is 4.90 Å². The summed E-state index contributed by atoms with van der Waals surface area (Å²) in [6.07, 6.45) is -0.510. The monoisotopic (exact) mass is 248 g/mol. The second-order valence-electron chi connectivity index (χ2n) is 4.99. The normalized spacial score (nSPS) is 17.7. The molecule has 1 aromatic carbocycles. The van der Waals surface area contributed by atoms with Crippen molar-refractivity contribution in [3.63, 3.8) is 0 Å². The zero-order valence-electron chi connectivity index (χ0n) is 11.1. The molecule has 18 heavy (non-hydrogen) atoms. The maximum absolute atomic E-state index is 12.2. The number of benzene rings is 1. The van der Waals surface area contributed by atoms with E-state index < -0.39 is 6.10 Å². The van der Waals surface area contributed by atoms with Crippen molar-refractivity contribution in [2.75, 3.05) is 18.0 Å². The largest absolute Gasteiger partial charge is 0.389 e. The zero-order chi connectivity index (χ0) is 13.3. The Kier molecular flexibility index (Phi) is 3.57. The fraction of sp³-hybridized carbons (Fsp3) is 0.500. The van der Waals surface area contributed by atoms with Gasteiger partial charge in [0.25, 0.3) is 0 Å². The van der Waals surface area contributed by atoms with E-state index in [0.717, 1.165) is 17.8 Å². The van der Waals surface area contributed by atoms with E-state index in [1.54, 1.807) is 11.8 Å². The lowest BCUT2D eigenvalue weighted by atomic mass is 10.1. The Morgan fingerprint density at radius 1 is 1.22 bits per heavy atom. The van der Waals surface area contributed by atoms with E-state index in [1.165, 1.54) is 0 Å². The molecule has 1 atom stereocenters. The smallest absolute Gasteiger partial charge is 0.324 e. The van der Waals surface area contributed by atoms with E-state index in [-0.39, 0.29) is 12.1 Å². The molecule has 0 spiro atoms. The number of nitrogens with zero attached hydrogens (tertiary/aromatic N) is 2. The molecule has 0 aliphatic carbocycles. The summed E-state index contributed by atoms with van der Waals surface area (Å²) in [7, 11) is 0. The van der Waals surface area contributed by atoms with E-state index in [0.29, 0.717) is 6.54 Å². The number of rotatable bonds is 3. The molecule has 1 fully saturated rings. The van der Waals surface area contributed by atoms with Gasteiger partial charge in [0.15, 0.2) is 0 Å². The number of urea groups is 1. The molecule has 0 aromatic heterocycles. The molecule has 2 rings (SSSR count). The number of aliphatic hydroxyl groups is 1. The van der Waals surface area contributed by atoms with Gasteiger partial charge in [0, 0.05) is 24.8 Å². The Labute approximate surface area is 108 Å². The number of carbonyl (C=O) groups excluding carboxylic acids is 1. The van der Waals surface area contributed by atoms with Gasteiger partial charge in [-0.3, -0.25) is 4.90 Å².